The largest absolute Gasteiger partial charge is 0.340 e. The van der Waals surface area contributed by atoms with Gasteiger partial charge in [-0.2, -0.15) is 0 Å². The van der Waals surface area contributed by atoms with E-state index >= 15 is 0 Å². The van der Waals surface area contributed by atoms with Gasteiger partial charge in [0.25, 0.3) is 0 Å². The quantitative estimate of drug-likeness (QED) is 0.882. The van der Waals surface area contributed by atoms with Crippen molar-refractivity contribution in [2.75, 3.05) is 6.54 Å². The first kappa shape index (κ1) is 14.6. The van der Waals surface area contributed by atoms with Gasteiger partial charge in [0, 0.05) is 25.5 Å². The summed E-state index contributed by atoms with van der Waals surface area (Å²) in [5.74, 6) is 0.812. The maximum Gasteiger partial charge on any atom is 0.248 e. The molecule has 0 bridgehead atoms. The molecule has 1 aromatic heterocycles. The van der Waals surface area contributed by atoms with E-state index in [1.165, 1.54) is 0 Å². The zero-order chi connectivity index (χ0) is 14.9. The van der Waals surface area contributed by atoms with Crippen LogP contribution < -0.4 is 5.32 Å². The molecule has 0 radical (unpaired) electrons. The summed E-state index contributed by atoms with van der Waals surface area (Å²) in [6, 6.07) is -0.376. The number of nitrogens with zero attached hydrogens (tertiary/aromatic N) is 3. The number of aryl methyl sites for hydroxylation is 1. The summed E-state index contributed by atoms with van der Waals surface area (Å²) in [4.78, 5) is 30.4. The minimum absolute atomic E-state index is 0.0262. The second-order valence-corrected chi connectivity index (χ2v) is 5.70. The zero-order valence-electron chi connectivity index (χ0n) is 12.5. The topological polar surface area (TPSA) is 67.2 Å². The molecule has 20 heavy (non-hydrogen) atoms. The Labute approximate surface area is 119 Å². The average Bonchev–Trinajstić information content (AvgIpc) is 2.77. The maximum absolute atomic E-state index is 12.5. The first-order valence-electron chi connectivity index (χ1n) is 6.97. The van der Waals surface area contributed by atoms with Gasteiger partial charge in [-0.25, -0.2) is 4.98 Å². The molecule has 0 saturated carbocycles. The Balaban J connectivity index is 2.15. The third-order valence-electron chi connectivity index (χ3n) is 3.80. The second kappa shape index (κ2) is 5.26. The van der Waals surface area contributed by atoms with Crippen LogP contribution in [0.15, 0.2) is 12.4 Å². The summed E-state index contributed by atoms with van der Waals surface area (Å²) in [6.45, 7) is 8.50. The van der Waals surface area contributed by atoms with Crippen molar-refractivity contribution in [2.24, 2.45) is 0 Å². The molecule has 0 spiro atoms. The van der Waals surface area contributed by atoms with Gasteiger partial charge in [-0.1, -0.05) is 6.92 Å². The van der Waals surface area contributed by atoms with E-state index in [4.69, 9.17) is 0 Å². The van der Waals surface area contributed by atoms with Crippen LogP contribution in [0, 0.1) is 6.92 Å². The number of amides is 2. The van der Waals surface area contributed by atoms with Crippen molar-refractivity contribution < 1.29 is 9.59 Å². The van der Waals surface area contributed by atoms with E-state index < -0.39 is 5.54 Å². The van der Waals surface area contributed by atoms with Crippen molar-refractivity contribution in [3.05, 3.63) is 18.2 Å². The SMILES string of the molecule is CCC1C(=O)NC(C)(C)C(=O)N1CCn1ccnc1C. The summed E-state index contributed by atoms with van der Waals surface area (Å²) in [7, 11) is 0. The second-order valence-electron chi connectivity index (χ2n) is 5.70. The van der Waals surface area contributed by atoms with Crippen molar-refractivity contribution >= 4 is 11.8 Å². The molecule has 2 rings (SSSR count). The van der Waals surface area contributed by atoms with Gasteiger partial charge in [0.15, 0.2) is 0 Å². The van der Waals surface area contributed by atoms with Crippen LogP contribution in [0.1, 0.15) is 33.0 Å². The number of carbonyl (C=O) groups is 2. The highest BCUT2D eigenvalue weighted by molar-refractivity contribution is 5.99. The monoisotopic (exact) mass is 278 g/mol. The smallest absolute Gasteiger partial charge is 0.248 e. The number of nitrogens with one attached hydrogen (secondary N) is 1. The number of piperazine rings is 1. The minimum atomic E-state index is -0.827. The maximum atomic E-state index is 12.5. The van der Waals surface area contributed by atoms with E-state index in [9.17, 15) is 9.59 Å². The Hall–Kier alpha value is -1.85. The van der Waals surface area contributed by atoms with Gasteiger partial charge in [-0.15, -0.1) is 0 Å². The molecular weight excluding hydrogens is 256 g/mol. The lowest BCUT2D eigenvalue weighted by Crippen LogP contribution is -2.68. The molecule has 1 atom stereocenters. The van der Waals surface area contributed by atoms with Gasteiger partial charge in [0.05, 0.1) is 0 Å². The molecule has 1 aliphatic heterocycles. The first-order valence-corrected chi connectivity index (χ1v) is 6.97. The van der Waals surface area contributed by atoms with Crippen LogP contribution in [0.5, 0.6) is 0 Å². The van der Waals surface area contributed by atoms with Crippen molar-refractivity contribution in [2.45, 2.75) is 52.2 Å². The molecule has 6 nitrogen and oxygen atoms in total. The first-order chi connectivity index (χ1) is 9.36. The van der Waals surface area contributed by atoms with Crippen LogP contribution in [0.4, 0.5) is 0 Å². The van der Waals surface area contributed by atoms with E-state index in [-0.39, 0.29) is 17.9 Å². The number of aromatic nitrogens is 2. The lowest BCUT2D eigenvalue weighted by Gasteiger charge is -2.42. The fraction of sp³-hybridized carbons (Fsp3) is 0.643. The molecule has 1 N–H and O–H groups in total. The Bertz CT molecular complexity index is 521. The van der Waals surface area contributed by atoms with Gasteiger partial charge < -0.3 is 14.8 Å². The van der Waals surface area contributed by atoms with E-state index in [0.717, 1.165) is 5.82 Å². The van der Waals surface area contributed by atoms with Crippen LogP contribution in [0.25, 0.3) is 0 Å². The normalized spacial score (nSPS) is 22.0. The highest BCUT2D eigenvalue weighted by Gasteiger charge is 2.44. The van der Waals surface area contributed by atoms with Crippen LogP contribution in [-0.4, -0.2) is 44.4 Å². The van der Waals surface area contributed by atoms with Crippen LogP contribution >= 0.6 is 0 Å². The van der Waals surface area contributed by atoms with Crippen molar-refractivity contribution in [1.82, 2.24) is 19.8 Å². The van der Waals surface area contributed by atoms with Crippen molar-refractivity contribution in [1.29, 1.82) is 0 Å². The third kappa shape index (κ3) is 2.55. The molecule has 2 heterocycles. The lowest BCUT2D eigenvalue weighted by atomic mass is 9.96. The highest BCUT2D eigenvalue weighted by atomic mass is 16.2. The summed E-state index contributed by atoms with van der Waals surface area (Å²) >= 11 is 0. The summed E-state index contributed by atoms with van der Waals surface area (Å²) in [5, 5.41) is 2.79. The Kier molecular flexibility index (Phi) is 3.83. The van der Waals surface area contributed by atoms with Gasteiger partial charge in [-0.3, -0.25) is 9.59 Å². The predicted octanol–water partition coefficient (Wildman–Crippen LogP) is 0.707. The molecule has 0 aliphatic carbocycles. The van der Waals surface area contributed by atoms with Crippen molar-refractivity contribution in [3.63, 3.8) is 0 Å². The number of imidazole rings is 1. The van der Waals surface area contributed by atoms with Crippen LogP contribution in [-0.2, 0) is 16.1 Å². The molecule has 1 aliphatic rings. The fourth-order valence-corrected chi connectivity index (χ4v) is 2.61. The zero-order valence-corrected chi connectivity index (χ0v) is 12.5. The fourth-order valence-electron chi connectivity index (χ4n) is 2.61. The van der Waals surface area contributed by atoms with Crippen LogP contribution in [0.3, 0.4) is 0 Å². The standard InChI is InChI=1S/C14H22N4O2/c1-5-11-12(19)16-14(3,4)13(20)18(11)9-8-17-7-6-15-10(17)2/h6-7,11H,5,8-9H2,1-4H3,(H,16,19). The molecule has 1 fully saturated rings. The average molecular weight is 278 g/mol. The Morgan fingerprint density at radius 3 is 2.60 bits per heavy atom. The molecule has 110 valence electrons. The summed E-state index contributed by atoms with van der Waals surface area (Å²) < 4.78 is 1.99. The molecule has 1 aromatic rings. The molecule has 1 saturated heterocycles. The van der Waals surface area contributed by atoms with Crippen molar-refractivity contribution in [3.8, 4) is 0 Å². The highest BCUT2D eigenvalue weighted by Crippen LogP contribution is 2.19. The number of carbonyl (C=O) groups excluding carboxylic acids is 2. The molecule has 2 amide bonds. The van der Waals surface area contributed by atoms with E-state index in [1.807, 2.05) is 24.6 Å². The van der Waals surface area contributed by atoms with Gasteiger partial charge >= 0.3 is 0 Å². The van der Waals surface area contributed by atoms with Crippen LogP contribution in [0.2, 0.25) is 0 Å². The van der Waals surface area contributed by atoms with Gasteiger partial charge in [0.2, 0.25) is 11.8 Å². The summed E-state index contributed by atoms with van der Waals surface area (Å²) in [5.41, 5.74) is -0.827. The number of hydrogen-bond acceptors (Lipinski definition) is 3. The Morgan fingerprint density at radius 1 is 1.35 bits per heavy atom. The van der Waals surface area contributed by atoms with E-state index in [2.05, 4.69) is 10.3 Å². The summed E-state index contributed by atoms with van der Waals surface area (Å²) in [6.07, 6.45) is 4.24. The Morgan fingerprint density at radius 2 is 2.05 bits per heavy atom. The van der Waals surface area contributed by atoms with E-state index in [0.29, 0.717) is 19.5 Å². The molecule has 1 unspecified atom stereocenters. The van der Waals surface area contributed by atoms with Gasteiger partial charge in [-0.05, 0) is 27.2 Å². The third-order valence-corrected chi connectivity index (χ3v) is 3.80. The molecule has 0 aromatic carbocycles. The predicted molar refractivity (Wildman–Crippen MR) is 75.0 cm³/mol. The molecular formula is C14H22N4O2. The number of rotatable bonds is 4. The lowest BCUT2D eigenvalue weighted by molar-refractivity contribution is -0.153. The minimum Gasteiger partial charge on any atom is -0.340 e. The molecule has 6 heteroatoms. The number of hydrogen-bond donors (Lipinski definition) is 1. The van der Waals surface area contributed by atoms with Gasteiger partial charge in [0.1, 0.15) is 17.4 Å². The van der Waals surface area contributed by atoms with E-state index in [1.54, 1.807) is 24.9 Å².